The molecule has 4 nitrogen and oxygen atoms in total. The quantitative estimate of drug-likeness (QED) is 0.207. The number of hydrogen-bond acceptors (Lipinski definition) is 4. The highest BCUT2D eigenvalue weighted by atomic mass is 127. The lowest BCUT2D eigenvalue weighted by Gasteiger charge is -2.11. The first-order valence-electron chi connectivity index (χ1n) is 8.81. The first-order chi connectivity index (χ1) is 14.1. The highest BCUT2D eigenvalue weighted by Gasteiger charge is 2.06. The van der Waals surface area contributed by atoms with Gasteiger partial charge in [0.1, 0.15) is 6.61 Å². The third kappa shape index (κ3) is 6.26. The van der Waals surface area contributed by atoms with Gasteiger partial charge in [0, 0.05) is 19.2 Å². The number of rotatable bonds is 8. The first kappa shape index (κ1) is 21.7. The molecule has 0 atom stereocenters. The fourth-order valence-electron chi connectivity index (χ4n) is 2.57. The SMILES string of the molecule is COc1cc(/C=N/NCc2c(Cl)cccc2Cl)ccc1OCc1ccc(I)cc1. The van der Waals surface area contributed by atoms with Crippen molar-refractivity contribution >= 4 is 52.0 Å². The van der Waals surface area contributed by atoms with Gasteiger partial charge in [0.05, 0.1) is 19.9 Å². The van der Waals surface area contributed by atoms with Crippen molar-refractivity contribution < 1.29 is 9.47 Å². The Bertz CT molecular complexity index is 974. The van der Waals surface area contributed by atoms with Crippen LogP contribution in [0.1, 0.15) is 16.7 Å². The standard InChI is InChI=1S/C22H19Cl2IN2O2/c1-28-22-11-16(12-26-27-13-18-19(23)3-2-4-20(18)24)7-10-21(22)29-14-15-5-8-17(25)9-6-15/h2-12,27H,13-14H2,1H3/b26-12+. The summed E-state index contributed by atoms with van der Waals surface area (Å²) in [6.07, 6.45) is 1.70. The molecule has 0 aromatic heterocycles. The Morgan fingerprint density at radius 1 is 1.00 bits per heavy atom. The molecule has 3 aromatic rings. The van der Waals surface area contributed by atoms with Crippen LogP contribution in [0.2, 0.25) is 10.0 Å². The lowest BCUT2D eigenvalue weighted by Crippen LogP contribution is -2.06. The van der Waals surface area contributed by atoms with Crippen LogP contribution in [0.5, 0.6) is 11.5 Å². The molecule has 0 radical (unpaired) electrons. The molecule has 0 saturated carbocycles. The molecule has 0 aliphatic rings. The molecule has 0 unspecified atom stereocenters. The van der Waals surface area contributed by atoms with Crippen molar-refractivity contribution in [2.24, 2.45) is 5.10 Å². The van der Waals surface area contributed by atoms with E-state index in [0.29, 0.717) is 34.7 Å². The van der Waals surface area contributed by atoms with Crippen molar-refractivity contribution in [2.75, 3.05) is 7.11 Å². The molecule has 3 aromatic carbocycles. The Balaban J connectivity index is 1.60. The van der Waals surface area contributed by atoms with Crippen molar-refractivity contribution in [3.8, 4) is 11.5 Å². The lowest BCUT2D eigenvalue weighted by molar-refractivity contribution is 0.284. The van der Waals surface area contributed by atoms with Gasteiger partial charge in [-0.3, -0.25) is 0 Å². The van der Waals surface area contributed by atoms with Crippen LogP contribution in [-0.2, 0) is 13.2 Å². The minimum atomic E-state index is 0.434. The van der Waals surface area contributed by atoms with Gasteiger partial charge < -0.3 is 14.9 Å². The van der Waals surface area contributed by atoms with Crippen LogP contribution in [0.25, 0.3) is 0 Å². The molecule has 29 heavy (non-hydrogen) atoms. The summed E-state index contributed by atoms with van der Waals surface area (Å²) in [5, 5.41) is 5.45. The molecule has 0 heterocycles. The summed E-state index contributed by atoms with van der Waals surface area (Å²) in [6, 6.07) is 19.3. The number of ether oxygens (including phenoxy) is 2. The average molecular weight is 541 g/mol. The number of methoxy groups -OCH3 is 1. The van der Waals surface area contributed by atoms with Gasteiger partial charge in [-0.05, 0) is 76.2 Å². The predicted octanol–water partition coefficient (Wildman–Crippen LogP) is 6.31. The fraction of sp³-hybridized carbons (Fsp3) is 0.136. The van der Waals surface area contributed by atoms with Gasteiger partial charge in [-0.15, -0.1) is 0 Å². The monoisotopic (exact) mass is 540 g/mol. The van der Waals surface area contributed by atoms with E-state index >= 15 is 0 Å². The Morgan fingerprint density at radius 3 is 2.41 bits per heavy atom. The Labute approximate surface area is 194 Å². The summed E-state index contributed by atoms with van der Waals surface area (Å²) in [6.45, 7) is 0.907. The zero-order valence-corrected chi connectivity index (χ0v) is 19.3. The first-order valence-corrected chi connectivity index (χ1v) is 10.6. The van der Waals surface area contributed by atoms with Gasteiger partial charge in [-0.25, -0.2) is 0 Å². The molecule has 150 valence electrons. The van der Waals surface area contributed by atoms with Crippen molar-refractivity contribution in [2.45, 2.75) is 13.2 Å². The number of hydrazone groups is 1. The second kappa shape index (κ2) is 10.7. The highest BCUT2D eigenvalue weighted by Crippen LogP contribution is 2.28. The lowest BCUT2D eigenvalue weighted by atomic mass is 10.2. The van der Waals surface area contributed by atoms with E-state index in [2.05, 4.69) is 45.3 Å². The van der Waals surface area contributed by atoms with E-state index in [0.717, 1.165) is 16.7 Å². The fourth-order valence-corrected chi connectivity index (χ4v) is 3.46. The number of nitrogens with one attached hydrogen (secondary N) is 1. The molecular formula is C22H19Cl2IN2O2. The molecule has 0 amide bonds. The van der Waals surface area contributed by atoms with Crippen LogP contribution < -0.4 is 14.9 Å². The van der Waals surface area contributed by atoms with Crippen molar-refractivity contribution in [1.29, 1.82) is 0 Å². The smallest absolute Gasteiger partial charge is 0.161 e. The van der Waals surface area contributed by atoms with Crippen LogP contribution in [0.15, 0.2) is 65.8 Å². The molecule has 0 fully saturated rings. The molecule has 0 aliphatic heterocycles. The molecule has 1 N–H and O–H groups in total. The maximum atomic E-state index is 6.16. The van der Waals surface area contributed by atoms with Crippen molar-refractivity contribution in [3.63, 3.8) is 0 Å². The highest BCUT2D eigenvalue weighted by molar-refractivity contribution is 14.1. The van der Waals surface area contributed by atoms with Crippen LogP contribution in [0.4, 0.5) is 0 Å². The zero-order chi connectivity index (χ0) is 20.6. The van der Waals surface area contributed by atoms with Gasteiger partial charge in [0.2, 0.25) is 0 Å². The summed E-state index contributed by atoms with van der Waals surface area (Å²) >= 11 is 14.6. The second-order valence-corrected chi connectivity index (χ2v) is 8.18. The molecule has 7 heteroatoms. The Hall–Kier alpha value is -1.96. The van der Waals surface area contributed by atoms with Crippen LogP contribution in [0.3, 0.4) is 0 Å². The average Bonchev–Trinajstić information content (AvgIpc) is 2.73. The van der Waals surface area contributed by atoms with Gasteiger partial charge in [0.25, 0.3) is 0 Å². The van der Waals surface area contributed by atoms with E-state index < -0.39 is 0 Å². The Morgan fingerprint density at radius 2 is 1.72 bits per heavy atom. The van der Waals surface area contributed by atoms with Crippen LogP contribution in [0, 0.1) is 3.57 Å². The normalized spacial score (nSPS) is 10.9. The number of halogens is 3. The summed E-state index contributed by atoms with van der Waals surface area (Å²) in [5.74, 6) is 1.33. The van der Waals surface area contributed by atoms with E-state index in [1.165, 1.54) is 3.57 Å². The second-order valence-electron chi connectivity index (χ2n) is 6.12. The molecule has 0 saturated heterocycles. The predicted molar refractivity (Wildman–Crippen MR) is 127 cm³/mol. The van der Waals surface area contributed by atoms with Gasteiger partial charge in [-0.1, -0.05) is 41.4 Å². The van der Waals surface area contributed by atoms with E-state index in [9.17, 15) is 0 Å². The molecule has 3 rings (SSSR count). The third-order valence-corrected chi connectivity index (χ3v) is 5.55. The van der Waals surface area contributed by atoms with E-state index in [4.69, 9.17) is 32.7 Å². The summed E-state index contributed by atoms with van der Waals surface area (Å²) < 4.78 is 12.6. The van der Waals surface area contributed by atoms with Crippen molar-refractivity contribution in [3.05, 3.63) is 91.0 Å². The molecule has 0 aliphatic carbocycles. The number of benzene rings is 3. The van der Waals surface area contributed by atoms with E-state index in [1.54, 1.807) is 25.5 Å². The minimum absolute atomic E-state index is 0.434. The van der Waals surface area contributed by atoms with Crippen LogP contribution in [-0.4, -0.2) is 13.3 Å². The topological polar surface area (TPSA) is 42.8 Å². The van der Waals surface area contributed by atoms with Crippen LogP contribution >= 0.6 is 45.8 Å². The van der Waals surface area contributed by atoms with Crippen molar-refractivity contribution in [1.82, 2.24) is 5.43 Å². The van der Waals surface area contributed by atoms with E-state index in [1.807, 2.05) is 36.4 Å². The maximum absolute atomic E-state index is 6.16. The maximum Gasteiger partial charge on any atom is 0.161 e. The molecule has 0 bridgehead atoms. The zero-order valence-electron chi connectivity index (χ0n) is 15.7. The minimum Gasteiger partial charge on any atom is -0.493 e. The van der Waals surface area contributed by atoms with E-state index in [-0.39, 0.29) is 0 Å². The number of hydrogen-bond donors (Lipinski definition) is 1. The van der Waals surface area contributed by atoms with Gasteiger partial charge in [0.15, 0.2) is 11.5 Å². The molecular weight excluding hydrogens is 522 g/mol. The number of nitrogens with zero attached hydrogens (tertiary/aromatic N) is 1. The summed E-state index contributed by atoms with van der Waals surface area (Å²) in [5.41, 5.74) is 5.75. The third-order valence-electron chi connectivity index (χ3n) is 4.12. The summed E-state index contributed by atoms with van der Waals surface area (Å²) in [4.78, 5) is 0. The van der Waals surface area contributed by atoms with Gasteiger partial charge >= 0.3 is 0 Å². The van der Waals surface area contributed by atoms with Gasteiger partial charge in [-0.2, -0.15) is 5.10 Å². The Kier molecular flexibility index (Phi) is 8.03. The molecule has 0 spiro atoms. The summed E-state index contributed by atoms with van der Waals surface area (Å²) in [7, 11) is 1.62. The largest absolute Gasteiger partial charge is 0.493 e.